The highest BCUT2D eigenvalue weighted by Crippen LogP contribution is 2.17. The van der Waals surface area contributed by atoms with E-state index in [2.05, 4.69) is 4.18 Å². The van der Waals surface area contributed by atoms with Gasteiger partial charge in [-0.25, -0.2) is 4.18 Å². The molecule has 1 aromatic carbocycles. The summed E-state index contributed by atoms with van der Waals surface area (Å²) in [4.78, 5) is 0. The first-order valence-corrected chi connectivity index (χ1v) is 5.67. The van der Waals surface area contributed by atoms with Gasteiger partial charge in [-0.2, -0.15) is 13.7 Å². The van der Waals surface area contributed by atoms with Crippen molar-refractivity contribution in [1.82, 2.24) is 0 Å². The largest absolute Gasteiger partial charge is 0.265 e. The fraction of sp³-hybridized carbons (Fsp3) is 0.222. The number of hydrogen-bond donors (Lipinski definition) is 0. The maximum absolute atomic E-state index is 10.8. The molecule has 1 rings (SSSR count). The molecule has 0 amide bonds. The lowest BCUT2D eigenvalue weighted by atomic mass is 10.1. The molecule has 1 atom stereocenters. The highest BCUT2D eigenvalue weighted by Gasteiger charge is 2.16. The first kappa shape index (κ1) is 10.7. The van der Waals surface area contributed by atoms with Crippen LogP contribution < -0.4 is 0 Å². The van der Waals surface area contributed by atoms with Crippen LogP contribution in [0, 0.1) is 11.3 Å². The molecule has 1 aromatic rings. The van der Waals surface area contributed by atoms with Gasteiger partial charge in [-0.05, 0) is 5.56 Å². The first-order valence-electron chi connectivity index (χ1n) is 3.86. The molecule has 0 N–H and O–H groups in total. The van der Waals surface area contributed by atoms with Gasteiger partial charge in [-0.3, -0.25) is 0 Å². The zero-order valence-electron chi connectivity index (χ0n) is 7.54. The molecular weight excluding hydrogens is 202 g/mol. The van der Waals surface area contributed by atoms with Crippen molar-refractivity contribution in [3.8, 4) is 6.07 Å². The maximum Gasteiger partial charge on any atom is 0.265 e. The molecule has 0 saturated carbocycles. The van der Waals surface area contributed by atoms with Gasteiger partial charge in [0.05, 0.1) is 6.26 Å². The van der Waals surface area contributed by atoms with E-state index in [1.165, 1.54) is 0 Å². The lowest BCUT2D eigenvalue weighted by molar-refractivity contribution is 0.271. The molecule has 5 heteroatoms. The summed E-state index contributed by atoms with van der Waals surface area (Å²) in [6.45, 7) is 0. The van der Waals surface area contributed by atoms with Crippen LogP contribution in [0.15, 0.2) is 30.3 Å². The Morgan fingerprint density at radius 3 is 2.36 bits per heavy atom. The van der Waals surface area contributed by atoms with Crippen molar-refractivity contribution >= 4 is 10.1 Å². The predicted molar refractivity (Wildman–Crippen MR) is 50.7 cm³/mol. The lowest BCUT2D eigenvalue weighted by Gasteiger charge is -2.07. The van der Waals surface area contributed by atoms with E-state index in [-0.39, 0.29) is 0 Å². The molecule has 0 aromatic heterocycles. The van der Waals surface area contributed by atoms with Crippen molar-refractivity contribution in [3.63, 3.8) is 0 Å². The van der Waals surface area contributed by atoms with Gasteiger partial charge in [0.25, 0.3) is 10.1 Å². The Kier molecular flexibility index (Phi) is 3.23. The third-order valence-corrected chi connectivity index (χ3v) is 2.03. The molecule has 0 aliphatic heterocycles. The van der Waals surface area contributed by atoms with Crippen LogP contribution >= 0.6 is 0 Å². The Morgan fingerprint density at radius 2 is 1.93 bits per heavy atom. The minimum Gasteiger partial charge on any atom is -0.247 e. The van der Waals surface area contributed by atoms with Crippen LogP contribution in [0.4, 0.5) is 0 Å². The molecule has 74 valence electrons. The molecular formula is C9H9NO3S. The molecule has 0 fully saturated rings. The van der Waals surface area contributed by atoms with Crippen molar-refractivity contribution in [3.05, 3.63) is 35.9 Å². The van der Waals surface area contributed by atoms with Gasteiger partial charge < -0.3 is 0 Å². The molecule has 0 bridgehead atoms. The molecule has 0 radical (unpaired) electrons. The van der Waals surface area contributed by atoms with Gasteiger partial charge in [0.1, 0.15) is 6.07 Å². The lowest BCUT2D eigenvalue weighted by Crippen LogP contribution is -2.08. The van der Waals surface area contributed by atoms with E-state index in [0.29, 0.717) is 5.56 Å². The van der Waals surface area contributed by atoms with Crippen LogP contribution in [0.3, 0.4) is 0 Å². The Labute approximate surface area is 82.9 Å². The normalized spacial score (nSPS) is 13.1. The number of benzene rings is 1. The van der Waals surface area contributed by atoms with E-state index in [9.17, 15) is 8.42 Å². The summed E-state index contributed by atoms with van der Waals surface area (Å²) < 4.78 is 26.2. The van der Waals surface area contributed by atoms with Crippen molar-refractivity contribution in [2.45, 2.75) is 6.10 Å². The summed E-state index contributed by atoms with van der Waals surface area (Å²) in [6.07, 6.45) is -0.147. The topological polar surface area (TPSA) is 67.2 Å². The summed E-state index contributed by atoms with van der Waals surface area (Å²) in [5.41, 5.74) is 0.528. The minimum absolute atomic E-state index is 0.528. The molecule has 14 heavy (non-hydrogen) atoms. The molecule has 4 nitrogen and oxygen atoms in total. The van der Waals surface area contributed by atoms with Gasteiger partial charge in [-0.1, -0.05) is 30.3 Å². The van der Waals surface area contributed by atoms with Gasteiger partial charge in [0.2, 0.25) is 0 Å². The second-order valence-corrected chi connectivity index (χ2v) is 4.32. The third-order valence-electron chi connectivity index (χ3n) is 1.49. The Hall–Kier alpha value is -1.38. The fourth-order valence-corrected chi connectivity index (χ4v) is 1.46. The van der Waals surface area contributed by atoms with E-state index in [1.54, 1.807) is 36.4 Å². The monoisotopic (exact) mass is 211 g/mol. The smallest absolute Gasteiger partial charge is 0.247 e. The second kappa shape index (κ2) is 4.22. The van der Waals surface area contributed by atoms with E-state index in [4.69, 9.17) is 5.26 Å². The van der Waals surface area contributed by atoms with E-state index in [1.807, 2.05) is 0 Å². The number of hydrogen-bond acceptors (Lipinski definition) is 4. The van der Waals surface area contributed by atoms with Crippen LogP contribution in [0.1, 0.15) is 11.7 Å². The van der Waals surface area contributed by atoms with Gasteiger partial charge >= 0.3 is 0 Å². The van der Waals surface area contributed by atoms with Crippen LogP contribution in [-0.4, -0.2) is 14.7 Å². The SMILES string of the molecule is CS(=O)(=O)OC(C#N)c1ccccc1. The van der Waals surface area contributed by atoms with Gasteiger partial charge in [-0.15, -0.1) is 0 Å². The Bertz CT molecular complexity index is 433. The first-order chi connectivity index (χ1) is 6.53. The summed E-state index contributed by atoms with van der Waals surface area (Å²) in [5, 5.41) is 8.70. The average molecular weight is 211 g/mol. The highest BCUT2D eigenvalue weighted by molar-refractivity contribution is 7.86. The molecule has 0 spiro atoms. The molecule has 0 saturated heterocycles. The van der Waals surface area contributed by atoms with Crippen LogP contribution in [0.25, 0.3) is 0 Å². The minimum atomic E-state index is -3.61. The summed E-state index contributed by atoms with van der Waals surface area (Å²) in [5.74, 6) is 0. The number of rotatable bonds is 3. The zero-order valence-corrected chi connectivity index (χ0v) is 8.36. The van der Waals surface area contributed by atoms with Crippen molar-refractivity contribution < 1.29 is 12.6 Å². The van der Waals surface area contributed by atoms with E-state index < -0.39 is 16.2 Å². The second-order valence-electron chi connectivity index (χ2n) is 2.72. The third kappa shape index (κ3) is 3.17. The van der Waals surface area contributed by atoms with Crippen molar-refractivity contribution in [2.75, 3.05) is 6.26 Å². The quantitative estimate of drug-likeness (QED) is 0.705. The maximum atomic E-state index is 10.8. The van der Waals surface area contributed by atoms with E-state index >= 15 is 0 Å². The average Bonchev–Trinajstić information content (AvgIpc) is 2.14. The molecule has 0 heterocycles. The number of nitriles is 1. The molecule has 0 aliphatic carbocycles. The van der Waals surface area contributed by atoms with E-state index in [0.717, 1.165) is 6.26 Å². The standard InChI is InChI=1S/C9H9NO3S/c1-14(11,12)13-9(7-10)8-5-3-2-4-6-8/h2-6,9H,1H3. The van der Waals surface area contributed by atoms with Crippen molar-refractivity contribution in [2.24, 2.45) is 0 Å². The summed E-state index contributed by atoms with van der Waals surface area (Å²) >= 11 is 0. The predicted octanol–water partition coefficient (Wildman–Crippen LogP) is 1.23. The summed E-state index contributed by atoms with van der Waals surface area (Å²) in [6, 6.07) is 10.3. The van der Waals surface area contributed by atoms with Crippen molar-refractivity contribution in [1.29, 1.82) is 5.26 Å². The Morgan fingerprint density at radius 1 is 1.36 bits per heavy atom. The van der Waals surface area contributed by atoms with Gasteiger partial charge in [0.15, 0.2) is 6.10 Å². The highest BCUT2D eigenvalue weighted by atomic mass is 32.2. The zero-order chi connectivity index (χ0) is 10.6. The van der Waals surface area contributed by atoms with Crippen LogP contribution in [0.2, 0.25) is 0 Å². The fourth-order valence-electron chi connectivity index (χ4n) is 0.954. The van der Waals surface area contributed by atoms with Crippen LogP contribution in [0.5, 0.6) is 0 Å². The Balaban J connectivity index is 2.91. The number of nitrogens with zero attached hydrogens (tertiary/aromatic N) is 1. The summed E-state index contributed by atoms with van der Waals surface area (Å²) in [7, 11) is -3.61. The van der Waals surface area contributed by atoms with Gasteiger partial charge in [0, 0.05) is 0 Å². The molecule has 0 aliphatic rings. The molecule has 1 unspecified atom stereocenters. The van der Waals surface area contributed by atoms with Crippen LogP contribution in [-0.2, 0) is 14.3 Å².